The first kappa shape index (κ1) is 30.3. The number of nitrogens with zero attached hydrogens (tertiary/aromatic N) is 2. The molecule has 0 aliphatic carbocycles. The quantitative estimate of drug-likeness (QED) is 0.173. The number of fused-ring (bicyclic) bond motifs is 7. The van der Waals surface area contributed by atoms with E-state index in [4.69, 9.17) is 18.2 Å². The van der Waals surface area contributed by atoms with Gasteiger partial charge in [0, 0.05) is 49.6 Å². The normalized spacial score (nSPS) is 11.7. The molecule has 5 nitrogen and oxygen atoms in total. The predicted molar refractivity (Wildman–Crippen MR) is 220 cm³/mol. The van der Waals surface area contributed by atoms with Crippen LogP contribution >= 0.6 is 0 Å². The molecule has 0 saturated heterocycles. The van der Waals surface area contributed by atoms with Crippen LogP contribution in [0.3, 0.4) is 0 Å². The second kappa shape index (κ2) is 12.1. The Balaban J connectivity index is 1.03. The van der Waals surface area contributed by atoms with Gasteiger partial charge in [0.1, 0.15) is 22.3 Å². The molecule has 0 fully saturated rings. The maximum absolute atomic E-state index is 6.71. The second-order valence-corrected chi connectivity index (χ2v) is 13.5. The Bertz CT molecular complexity index is 3160. The van der Waals surface area contributed by atoms with E-state index in [9.17, 15) is 0 Å². The van der Waals surface area contributed by atoms with Crippen LogP contribution < -0.4 is 4.90 Å². The molecule has 0 spiro atoms. The third-order valence-corrected chi connectivity index (χ3v) is 10.3. The average molecular weight is 695 g/mol. The van der Waals surface area contributed by atoms with Crippen molar-refractivity contribution in [2.45, 2.75) is 0 Å². The van der Waals surface area contributed by atoms with Gasteiger partial charge in [0.05, 0.1) is 5.69 Å². The summed E-state index contributed by atoms with van der Waals surface area (Å²) in [7, 11) is 0. The number of anilines is 3. The first-order chi connectivity index (χ1) is 26.8. The van der Waals surface area contributed by atoms with Crippen LogP contribution in [0.1, 0.15) is 0 Å². The van der Waals surface area contributed by atoms with Crippen LogP contribution in [0.4, 0.5) is 17.1 Å². The molecule has 5 heteroatoms. The highest BCUT2D eigenvalue weighted by molar-refractivity contribution is 6.17. The standard InChI is InChI=1S/C49H30N2O3/c1-3-13-32(14-4-1)49-50-46-38(20-12-26-44(46)54-49)37-19-11-25-43-45(37)40-22-9-18-35(47(40)53-43)31-27-29-34(30-28-31)51(33-15-5-2-6-16-33)41-23-10-21-39-36-17-7-8-24-42(36)52-48(39)41/h1-30H. The maximum atomic E-state index is 6.71. The fourth-order valence-electron chi connectivity index (χ4n) is 7.87. The van der Waals surface area contributed by atoms with Gasteiger partial charge in [-0.1, -0.05) is 121 Å². The third kappa shape index (κ3) is 4.76. The molecular weight excluding hydrogens is 665 g/mol. The molecule has 54 heavy (non-hydrogen) atoms. The van der Waals surface area contributed by atoms with E-state index in [0.29, 0.717) is 5.89 Å². The number of benzene rings is 8. The lowest BCUT2D eigenvalue weighted by atomic mass is 9.96. The Morgan fingerprint density at radius 3 is 1.83 bits per heavy atom. The van der Waals surface area contributed by atoms with E-state index in [0.717, 1.165) is 99.9 Å². The number of para-hydroxylation sites is 5. The van der Waals surface area contributed by atoms with Gasteiger partial charge in [0.2, 0.25) is 5.89 Å². The Kier molecular flexibility index (Phi) is 6.79. The topological polar surface area (TPSA) is 55.6 Å². The van der Waals surface area contributed by atoms with Crippen molar-refractivity contribution in [2.75, 3.05) is 4.90 Å². The highest BCUT2D eigenvalue weighted by atomic mass is 16.3. The van der Waals surface area contributed by atoms with Gasteiger partial charge in [0.15, 0.2) is 11.2 Å². The van der Waals surface area contributed by atoms with Crippen molar-refractivity contribution in [3.8, 4) is 33.7 Å². The molecular formula is C49H30N2O3. The van der Waals surface area contributed by atoms with E-state index in [1.807, 2.05) is 72.8 Å². The van der Waals surface area contributed by atoms with Crippen LogP contribution in [0.5, 0.6) is 0 Å². The molecule has 0 N–H and O–H groups in total. The summed E-state index contributed by atoms with van der Waals surface area (Å²) >= 11 is 0. The third-order valence-electron chi connectivity index (χ3n) is 10.3. The number of oxazole rings is 1. The molecule has 0 radical (unpaired) electrons. The van der Waals surface area contributed by atoms with Crippen LogP contribution in [0, 0.1) is 0 Å². The Morgan fingerprint density at radius 1 is 0.370 bits per heavy atom. The van der Waals surface area contributed by atoms with Gasteiger partial charge in [-0.25, -0.2) is 4.98 Å². The van der Waals surface area contributed by atoms with E-state index in [1.165, 1.54) is 0 Å². The van der Waals surface area contributed by atoms with Crippen molar-refractivity contribution in [3.05, 3.63) is 182 Å². The Morgan fingerprint density at radius 2 is 0.981 bits per heavy atom. The zero-order valence-corrected chi connectivity index (χ0v) is 28.9. The lowest BCUT2D eigenvalue weighted by Gasteiger charge is -2.25. The summed E-state index contributed by atoms with van der Waals surface area (Å²) in [5, 5.41) is 4.30. The van der Waals surface area contributed by atoms with E-state index >= 15 is 0 Å². The second-order valence-electron chi connectivity index (χ2n) is 13.5. The molecule has 0 aliphatic rings. The molecule has 8 aromatic carbocycles. The smallest absolute Gasteiger partial charge is 0.227 e. The number of hydrogen-bond acceptors (Lipinski definition) is 5. The highest BCUT2D eigenvalue weighted by Gasteiger charge is 2.21. The maximum Gasteiger partial charge on any atom is 0.227 e. The fourth-order valence-corrected chi connectivity index (χ4v) is 7.87. The Hall–Kier alpha value is -7.37. The number of furan rings is 2. The molecule has 11 aromatic rings. The van der Waals surface area contributed by atoms with Crippen LogP contribution in [0.15, 0.2) is 195 Å². The molecule has 0 bridgehead atoms. The van der Waals surface area contributed by atoms with Crippen LogP contribution in [0.2, 0.25) is 0 Å². The summed E-state index contributed by atoms with van der Waals surface area (Å²) < 4.78 is 19.5. The summed E-state index contributed by atoms with van der Waals surface area (Å²) in [5.74, 6) is 0.605. The molecule has 254 valence electrons. The fraction of sp³-hybridized carbons (Fsp3) is 0. The molecule has 0 amide bonds. The molecule has 3 heterocycles. The van der Waals surface area contributed by atoms with Crippen LogP contribution in [-0.2, 0) is 0 Å². The average Bonchev–Trinajstić information content (AvgIpc) is 3.96. The van der Waals surface area contributed by atoms with Gasteiger partial charge in [0.25, 0.3) is 0 Å². The minimum absolute atomic E-state index is 0.605. The number of aromatic nitrogens is 1. The SMILES string of the molecule is c1ccc(-c2nc3c(-c4cccc5oc6c(-c7ccc(N(c8ccccc8)c8cccc9c8oc8ccccc89)cc7)cccc6c45)cccc3o2)cc1. The van der Waals surface area contributed by atoms with Gasteiger partial charge in [-0.2, -0.15) is 0 Å². The summed E-state index contributed by atoms with van der Waals surface area (Å²) in [5.41, 5.74) is 13.1. The molecule has 11 rings (SSSR count). The molecule has 3 aromatic heterocycles. The number of hydrogen-bond donors (Lipinski definition) is 0. The monoisotopic (exact) mass is 694 g/mol. The van der Waals surface area contributed by atoms with Crippen molar-refractivity contribution < 1.29 is 13.3 Å². The van der Waals surface area contributed by atoms with Crippen molar-refractivity contribution in [1.82, 2.24) is 4.98 Å². The molecule has 0 aliphatic heterocycles. The molecule has 0 atom stereocenters. The van der Waals surface area contributed by atoms with Crippen molar-refractivity contribution in [3.63, 3.8) is 0 Å². The first-order valence-electron chi connectivity index (χ1n) is 18.0. The van der Waals surface area contributed by atoms with Gasteiger partial charge < -0.3 is 18.2 Å². The van der Waals surface area contributed by atoms with Crippen LogP contribution in [0.25, 0.3) is 88.7 Å². The summed E-state index contributed by atoms with van der Waals surface area (Å²) in [6.45, 7) is 0. The summed E-state index contributed by atoms with van der Waals surface area (Å²) in [6, 6.07) is 62.5. The van der Waals surface area contributed by atoms with E-state index in [2.05, 4.69) is 114 Å². The summed E-state index contributed by atoms with van der Waals surface area (Å²) in [4.78, 5) is 7.24. The summed E-state index contributed by atoms with van der Waals surface area (Å²) in [6.07, 6.45) is 0. The van der Waals surface area contributed by atoms with Gasteiger partial charge in [-0.15, -0.1) is 0 Å². The van der Waals surface area contributed by atoms with E-state index < -0.39 is 0 Å². The van der Waals surface area contributed by atoms with Crippen molar-refractivity contribution in [2.24, 2.45) is 0 Å². The highest BCUT2D eigenvalue weighted by Crippen LogP contribution is 2.45. The van der Waals surface area contributed by atoms with Gasteiger partial charge >= 0.3 is 0 Å². The first-order valence-corrected chi connectivity index (χ1v) is 18.0. The number of rotatable bonds is 6. The predicted octanol–water partition coefficient (Wildman–Crippen LogP) is 14.1. The minimum Gasteiger partial charge on any atom is -0.455 e. The van der Waals surface area contributed by atoms with E-state index in [1.54, 1.807) is 0 Å². The zero-order valence-electron chi connectivity index (χ0n) is 28.9. The largest absolute Gasteiger partial charge is 0.455 e. The molecule has 0 saturated carbocycles. The van der Waals surface area contributed by atoms with Gasteiger partial charge in [-0.3, -0.25) is 0 Å². The van der Waals surface area contributed by atoms with Crippen molar-refractivity contribution in [1.29, 1.82) is 0 Å². The lowest BCUT2D eigenvalue weighted by molar-refractivity contribution is 0.620. The lowest BCUT2D eigenvalue weighted by Crippen LogP contribution is -2.10. The zero-order chi connectivity index (χ0) is 35.6. The van der Waals surface area contributed by atoms with Crippen molar-refractivity contribution >= 4 is 72.0 Å². The minimum atomic E-state index is 0.605. The Labute approximate surface area is 309 Å². The van der Waals surface area contributed by atoms with Crippen LogP contribution in [-0.4, -0.2) is 4.98 Å². The van der Waals surface area contributed by atoms with Gasteiger partial charge in [-0.05, 0) is 71.8 Å². The molecule has 0 unspecified atom stereocenters. The van der Waals surface area contributed by atoms with E-state index in [-0.39, 0.29) is 0 Å².